The lowest BCUT2D eigenvalue weighted by molar-refractivity contribution is -0.884. The first-order chi connectivity index (χ1) is 23.0. The van der Waals surface area contributed by atoms with E-state index in [0.717, 1.165) is 11.0 Å². The molecule has 0 saturated heterocycles. The lowest BCUT2D eigenvalue weighted by Crippen LogP contribution is -3.00. The number of hydrogen-bond acceptors (Lipinski definition) is 0. The Morgan fingerprint density at radius 2 is 0.750 bits per heavy atom. The molecule has 1 rings (SSSR count). The van der Waals surface area contributed by atoms with Crippen LogP contribution in [0.5, 0.6) is 0 Å². The van der Waals surface area contributed by atoms with E-state index in [1.165, 1.54) is 193 Å². The van der Waals surface area contributed by atoms with E-state index in [2.05, 4.69) is 77.5 Å². The fourth-order valence-corrected chi connectivity index (χ4v) is 7.01. The van der Waals surface area contributed by atoms with Crippen LogP contribution >= 0.6 is 0 Å². The van der Waals surface area contributed by atoms with Gasteiger partial charge in [-0.1, -0.05) is 172 Å². The molecule has 2 heteroatoms. The first-order valence-corrected chi connectivity index (χ1v) is 21.2. The molecule has 280 valence electrons. The summed E-state index contributed by atoms with van der Waals surface area (Å²) in [5, 5.41) is 0. The molecule has 0 fully saturated rings. The molecule has 0 aliphatic heterocycles. The molecule has 1 aromatic rings. The van der Waals surface area contributed by atoms with Crippen LogP contribution in [-0.2, 0) is 19.4 Å². The van der Waals surface area contributed by atoms with Crippen LogP contribution in [0, 0.1) is 0 Å². The summed E-state index contributed by atoms with van der Waals surface area (Å²) in [4.78, 5) is 0. The fourth-order valence-electron chi connectivity index (χ4n) is 7.01. The third-order valence-corrected chi connectivity index (χ3v) is 9.91. The Balaban J connectivity index is 0.0000221. The second-order valence-electron chi connectivity index (χ2n) is 15.9. The van der Waals surface area contributed by atoms with Crippen molar-refractivity contribution in [2.24, 2.45) is 0 Å². The number of rotatable bonds is 34. The van der Waals surface area contributed by atoms with Gasteiger partial charge < -0.3 is 16.9 Å². The Bertz CT molecular complexity index is 863. The van der Waals surface area contributed by atoms with Crippen molar-refractivity contribution in [3.05, 3.63) is 59.2 Å². The van der Waals surface area contributed by atoms with Gasteiger partial charge in [0.25, 0.3) is 0 Å². The van der Waals surface area contributed by atoms with Crippen LogP contribution in [0.2, 0.25) is 0 Å². The number of quaternary nitrogens is 1. The normalized spacial score (nSPS) is 12.0. The summed E-state index contributed by atoms with van der Waals surface area (Å²) >= 11 is 0. The van der Waals surface area contributed by atoms with Crippen molar-refractivity contribution in [3.8, 4) is 0 Å². The largest absolute Gasteiger partial charge is 1.00 e. The van der Waals surface area contributed by atoms with Gasteiger partial charge in [0.05, 0.1) is 21.1 Å². The Labute approximate surface area is 309 Å². The van der Waals surface area contributed by atoms with E-state index in [4.69, 9.17) is 0 Å². The summed E-state index contributed by atoms with van der Waals surface area (Å²) in [5.41, 5.74) is 4.95. The van der Waals surface area contributed by atoms with Crippen LogP contribution in [0.15, 0.2) is 42.5 Å². The van der Waals surface area contributed by atoms with Gasteiger partial charge in [0, 0.05) is 5.56 Å². The zero-order valence-electron chi connectivity index (χ0n) is 33.3. The molecule has 0 heterocycles. The molecular formula is C46H84ClN. The third-order valence-electron chi connectivity index (χ3n) is 9.91. The van der Waals surface area contributed by atoms with Crippen LogP contribution in [0.3, 0.4) is 0 Å². The lowest BCUT2D eigenvalue weighted by Gasteiger charge is -2.26. The highest BCUT2D eigenvalue weighted by atomic mass is 35.5. The number of halogens is 1. The maximum absolute atomic E-state index is 2.45. The molecule has 0 aromatic heterocycles. The number of allylic oxidation sites excluding steroid dienone is 4. The van der Waals surface area contributed by atoms with Crippen molar-refractivity contribution >= 4 is 0 Å². The third kappa shape index (κ3) is 29.8. The van der Waals surface area contributed by atoms with E-state index in [1.807, 2.05) is 0 Å². The molecule has 0 bridgehead atoms. The van der Waals surface area contributed by atoms with Crippen molar-refractivity contribution in [3.63, 3.8) is 0 Å². The van der Waals surface area contributed by atoms with Crippen molar-refractivity contribution in [2.45, 2.75) is 213 Å². The summed E-state index contributed by atoms with van der Waals surface area (Å²) in [6.07, 6.45) is 51.1. The smallest absolute Gasteiger partial charge is 0.104 e. The van der Waals surface area contributed by atoms with Gasteiger partial charge in [0.2, 0.25) is 0 Å². The van der Waals surface area contributed by atoms with Crippen LogP contribution in [0.25, 0.3) is 0 Å². The van der Waals surface area contributed by atoms with Gasteiger partial charge in [0.1, 0.15) is 6.54 Å². The molecule has 0 radical (unpaired) electrons. The second-order valence-corrected chi connectivity index (χ2v) is 15.9. The minimum atomic E-state index is 0. The van der Waals surface area contributed by atoms with Crippen molar-refractivity contribution in [1.29, 1.82) is 0 Å². The number of nitrogens with zero attached hydrogens (tertiary/aromatic N) is 1. The van der Waals surface area contributed by atoms with Gasteiger partial charge in [-0.2, -0.15) is 0 Å². The molecule has 1 nitrogen and oxygen atoms in total. The summed E-state index contributed by atoms with van der Waals surface area (Å²) < 4.78 is 1.01. The van der Waals surface area contributed by atoms with Crippen LogP contribution in [-0.4, -0.2) is 25.6 Å². The monoisotopic (exact) mass is 686 g/mol. The van der Waals surface area contributed by atoms with Gasteiger partial charge in [-0.25, -0.2) is 0 Å². The van der Waals surface area contributed by atoms with Crippen LogP contribution < -0.4 is 12.4 Å². The summed E-state index contributed by atoms with van der Waals surface area (Å²) in [7, 11) is 7.02. The standard InChI is InChI=1S/C46H84N.ClH/c1-6-8-10-12-14-16-18-20-22-24-26-28-30-32-34-36-39-44-40-38-41-45(43-47(3,4)5)46(44)42-37-35-33-31-29-27-25-23-21-19-17-15-13-11-9-7-2;/h20-23,38,40-41H,6-19,24-37,39,42-43H2,1-5H3;1H/q+1;/p-1/b22-20-,23-21-;. The average molecular weight is 687 g/mol. The SMILES string of the molecule is CCCCCCCC/C=C\CCCCCCCCc1cccc(C[N+](C)(C)C)c1CCCCCCCC/C=C\CCCCCCCC.[Cl-]. The van der Waals surface area contributed by atoms with Gasteiger partial charge >= 0.3 is 0 Å². The summed E-state index contributed by atoms with van der Waals surface area (Å²) in [6.45, 7) is 5.74. The van der Waals surface area contributed by atoms with Crippen molar-refractivity contribution in [2.75, 3.05) is 21.1 Å². The molecule has 0 aliphatic rings. The predicted octanol–water partition coefficient (Wildman–Crippen LogP) is 12.1. The molecule has 0 amide bonds. The fraction of sp³-hybridized carbons (Fsp3) is 0.783. The van der Waals surface area contributed by atoms with Crippen LogP contribution in [0.1, 0.15) is 210 Å². The quantitative estimate of drug-likeness (QED) is 0.0385. The first-order valence-electron chi connectivity index (χ1n) is 21.2. The number of benzene rings is 1. The minimum Gasteiger partial charge on any atom is -1.00 e. The Hall–Kier alpha value is -1.05. The minimum absolute atomic E-state index is 0. The summed E-state index contributed by atoms with van der Waals surface area (Å²) in [6, 6.07) is 7.21. The van der Waals surface area contributed by atoms with Gasteiger partial charge in [-0.15, -0.1) is 0 Å². The molecule has 0 saturated carbocycles. The molecular weight excluding hydrogens is 602 g/mol. The zero-order chi connectivity index (χ0) is 34.1. The Morgan fingerprint density at radius 3 is 1.15 bits per heavy atom. The van der Waals surface area contributed by atoms with Crippen LogP contribution in [0.4, 0.5) is 0 Å². The van der Waals surface area contributed by atoms with E-state index in [0.29, 0.717) is 0 Å². The maximum atomic E-state index is 2.45. The molecule has 0 spiro atoms. The first kappa shape index (κ1) is 47.0. The lowest BCUT2D eigenvalue weighted by atomic mass is 9.92. The maximum Gasteiger partial charge on any atom is 0.104 e. The molecule has 0 unspecified atom stereocenters. The van der Waals surface area contributed by atoms with Gasteiger partial charge in [-0.3, -0.25) is 0 Å². The highest BCUT2D eigenvalue weighted by Crippen LogP contribution is 2.24. The van der Waals surface area contributed by atoms with Gasteiger partial charge in [-0.05, 0) is 88.2 Å². The zero-order valence-corrected chi connectivity index (χ0v) is 34.0. The molecule has 1 aromatic carbocycles. The Kier molecular flexibility index (Phi) is 33.6. The highest BCUT2D eigenvalue weighted by Gasteiger charge is 2.15. The number of aryl methyl sites for hydroxylation is 1. The average Bonchev–Trinajstić information content (AvgIpc) is 3.04. The second kappa shape index (κ2) is 34.4. The van der Waals surface area contributed by atoms with E-state index >= 15 is 0 Å². The molecule has 0 atom stereocenters. The van der Waals surface area contributed by atoms with E-state index in [-0.39, 0.29) is 12.4 Å². The van der Waals surface area contributed by atoms with E-state index in [9.17, 15) is 0 Å². The van der Waals surface area contributed by atoms with Crippen molar-refractivity contribution in [1.82, 2.24) is 0 Å². The predicted molar refractivity (Wildman–Crippen MR) is 214 cm³/mol. The molecule has 48 heavy (non-hydrogen) atoms. The Morgan fingerprint density at radius 1 is 0.417 bits per heavy atom. The van der Waals surface area contributed by atoms with E-state index in [1.54, 1.807) is 16.7 Å². The number of hydrogen-bond donors (Lipinski definition) is 0. The summed E-state index contributed by atoms with van der Waals surface area (Å²) in [5.74, 6) is 0. The highest BCUT2D eigenvalue weighted by molar-refractivity contribution is 5.35. The molecule has 0 N–H and O–H groups in total. The van der Waals surface area contributed by atoms with E-state index < -0.39 is 0 Å². The molecule has 0 aliphatic carbocycles. The number of unbranched alkanes of at least 4 members (excludes halogenated alkanes) is 24. The van der Waals surface area contributed by atoms with Crippen molar-refractivity contribution < 1.29 is 16.9 Å². The topological polar surface area (TPSA) is 0 Å². The van der Waals surface area contributed by atoms with Gasteiger partial charge in [0.15, 0.2) is 0 Å².